The van der Waals surface area contributed by atoms with E-state index >= 15 is 0 Å². The van der Waals surface area contributed by atoms with Gasteiger partial charge in [-0.1, -0.05) is 0 Å². The van der Waals surface area contributed by atoms with Crippen LogP contribution in [0.4, 0.5) is 4.39 Å². The number of piperazine rings is 2. The van der Waals surface area contributed by atoms with Crippen LogP contribution in [-0.4, -0.2) is 65.9 Å². The Kier molecular flexibility index (Phi) is 4.76. The number of aromatic nitrogens is 1. The fraction of sp³-hybridized carbons (Fsp3) is 0.421. The van der Waals surface area contributed by atoms with Gasteiger partial charge in [0.25, 0.3) is 0 Å². The third-order valence-electron chi connectivity index (χ3n) is 5.17. The van der Waals surface area contributed by atoms with Crippen LogP contribution in [0.15, 0.2) is 22.6 Å². The van der Waals surface area contributed by atoms with Gasteiger partial charge in [-0.05, 0) is 19.1 Å². The van der Waals surface area contributed by atoms with Crippen LogP contribution in [0.3, 0.4) is 0 Å². The van der Waals surface area contributed by atoms with Crippen LogP contribution in [0, 0.1) is 12.7 Å². The predicted octanol–water partition coefficient (Wildman–Crippen LogP) is 0.940. The van der Waals surface area contributed by atoms with Crippen molar-refractivity contribution in [2.24, 2.45) is 0 Å². The summed E-state index contributed by atoms with van der Waals surface area (Å²) >= 11 is 0. The number of rotatable bonds is 4. The van der Waals surface area contributed by atoms with Gasteiger partial charge in [0.2, 0.25) is 17.7 Å². The standard InChI is InChI=1S/C19H21FN4O4/c1-11-15(22-19(28-11)13-4-3-12(27-2)7-14(13)20)9-23-5-6-24-16(10-23)18(26)21-8-17(24)25/h3-4,7,16H,5-6,8-10H2,1-2H3,(H,21,26)/t16-/m1/s1. The zero-order chi connectivity index (χ0) is 19.8. The van der Waals surface area contributed by atoms with E-state index in [0.29, 0.717) is 43.4 Å². The van der Waals surface area contributed by atoms with E-state index in [1.54, 1.807) is 24.0 Å². The monoisotopic (exact) mass is 388 g/mol. The smallest absolute Gasteiger partial charge is 0.244 e. The number of hydrogen-bond acceptors (Lipinski definition) is 6. The van der Waals surface area contributed by atoms with Crippen molar-refractivity contribution in [1.29, 1.82) is 0 Å². The van der Waals surface area contributed by atoms with Crippen molar-refractivity contribution in [3.8, 4) is 17.2 Å². The summed E-state index contributed by atoms with van der Waals surface area (Å²) in [4.78, 5) is 32.2. The molecular formula is C19H21FN4O4. The Labute approximate surface area is 161 Å². The number of aryl methyl sites for hydroxylation is 1. The van der Waals surface area contributed by atoms with E-state index in [4.69, 9.17) is 9.15 Å². The summed E-state index contributed by atoms with van der Waals surface area (Å²) in [5.74, 6) is 0.552. The third kappa shape index (κ3) is 3.33. The summed E-state index contributed by atoms with van der Waals surface area (Å²) in [6.45, 7) is 3.85. The van der Waals surface area contributed by atoms with Crippen LogP contribution in [0.25, 0.3) is 11.5 Å². The lowest BCUT2D eigenvalue weighted by molar-refractivity contribution is -0.149. The third-order valence-corrected chi connectivity index (χ3v) is 5.17. The van der Waals surface area contributed by atoms with E-state index < -0.39 is 11.9 Å². The van der Waals surface area contributed by atoms with Crippen LogP contribution in [0.1, 0.15) is 11.5 Å². The highest BCUT2D eigenvalue weighted by Crippen LogP contribution is 2.28. The van der Waals surface area contributed by atoms with Crippen molar-refractivity contribution in [1.82, 2.24) is 20.1 Å². The zero-order valence-electron chi connectivity index (χ0n) is 15.7. The average Bonchev–Trinajstić information content (AvgIpc) is 3.04. The van der Waals surface area contributed by atoms with Gasteiger partial charge in [0.15, 0.2) is 0 Å². The molecule has 0 spiro atoms. The van der Waals surface area contributed by atoms with Gasteiger partial charge in [0.05, 0.1) is 24.9 Å². The highest BCUT2D eigenvalue weighted by Gasteiger charge is 2.38. The molecule has 9 heteroatoms. The molecule has 0 saturated carbocycles. The summed E-state index contributed by atoms with van der Waals surface area (Å²) in [7, 11) is 1.47. The van der Waals surface area contributed by atoms with Crippen molar-refractivity contribution >= 4 is 11.8 Å². The van der Waals surface area contributed by atoms with E-state index in [2.05, 4.69) is 15.2 Å². The molecule has 148 valence electrons. The molecule has 1 aromatic carbocycles. The Morgan fingerprint density at radius 2 is 2.18 bits per heavy atom. The maximum atomic E-state index is 14.3. The largest absolute Gasteiger partial charge is 0.497 e. The molecule has 3 heterocycles. The number of benzene rings is 1. The number of fused-ring (bicyclic) bond motifs is 1. The molecule has 2 saturated heterocycles. The Bertz CT molecular complexity index is 929. The van der Waals surface area contributed by atoms with Gasteiger partial charge in [0.1, 0.15) is 23.4 Å². The molecule has 1 aromatic heterocycles. The van der Waals surface area contributed by atoms with Gasteiger partial charge in [-0.3, -0.25) is 14.5 Å². The number of amides is 2. The highest BCUT2D eigenvalue weighted by atomic mass is 19.1. The van der Waals surface area contributed by atoms with Crippen LogP contribution >= 0.6 is 0 Å². The number of carbonyl (C=O) groups is 2. The molecule has 0 bridgehead atoms. The van der Waals surface area contributed by atoms with Gasteiger partial charge < -0.3 is 19.4 Å². The van der Waals surface area contributed by atoms with Crippen molar-refractivity contribution in [3.05, 3.63) is 35.5 Å². The summed E-state index contributed by atoms with van der Waals surface area (Å²) in [5.41, 5.74) is 0.943. The van der Waals surface area contributed by atoms with Crippen molar-refractivity contribution < 1.29 is 23.1 Å². The highest BCUT2D eigenvalue weighted by molar-refractivity contribution is 5.95. The van der Waals surface area contributed by atoms with E-state index in [-0.39, 0.29) is 29.8 Å². The number of oxazole rings is 1. The van der Waals surface area contributed by atoms with Gasteiger partial charge in [-0.2, -0.15) is 0 Å². The van der Waals surface area contributed by atoms with Crippen molar-refractivity contribution in [3.63, 3.8) is 0 Å². The number of nitrogens with one attached hydrogen (secondary N) is 1. The molecule has 1 atom stereocenters. The van der Waals surface area contributed by atoms with Crippen molar-refractivity contribution in [2.75, 3.05) is 33.3 Å². The zero-order valence-corrected chi connectivity index (χ0v) is 15.7. The average molecular weight is 388 g/mol. The van der Waals surface area contributed by atoms with E-state index in [0.717, 1.165) is 0 Å². The molecule has 2 aliphatic rings. The molecule has 0 radical (unpaired) electrons. The fourth-order valence-electron chi connectivity index (χ4n) is 3.59. The summed E-state index contributed by atoms with van der Waals surface area (Å²) in [6.07, 6.45) is 0. The first-order chi connectivity index (χ1) is 13.5. The van der Waals surface area contributed by atoms with E-state index in [9.17, 15) is 14.0 Å². The lowest BCUT2D eigenvalue weighted by Crippen LogP contribution is -2.65. The molecule has 1 N–H and O–H groups in total. The second kappa shape index (κ2) is 7.23. The molecule has 2 amide bonds. The first-order valence-electron chi connectivity index (χ1n) is 9.06. The van der Waals surface area contributed by atoms with Gasteiger partial charge in [-0.15, -0.1) is 0 Å². The van der Waals surface area contributed by atoms with Gasteiger partial charge in [0, 0.05) is 32.2 Å². The number of nitrogens with zero attached hydrogens (tertiary/aromatic N) is 3. The second-order valence-electron chi connectivity index (χ2n) is 6.92. The second-order valence-corrected chi connectivity index (χ2v) is 6.92. The molecule has 2 aromatic rings. The van der Waals surface area contributed by atoms with Gasteiger partial charge in [-0.25, -0.2) is 9.37 Å². The summed E-state index contributed by atoms with van der Waals surface area (Å²) < 4.78 is 25.0. The molecular weight excluding hydrogens is 367 g/mol. The summed E-state index contributed by atoms with van der Waals surface area (Å²) in [5, 5.41) is 2.63. The molecule has 2 aliphatic heterocycles. The molecule has 0 aliphatic carbocycles. The quantitative estimate of drug-likeness (QED) is 0.839. The Morgan fingerprint density at radius 3 is 2.93 bits per heavy atom. The Balaban J connectivity index is 1.50. The first kappa shape index (κ1) is 18.4. The van der Waals surface area contributed by atoms with Crippen LogP contribution in [0.2, 0.25) is 0 Å². The Morgan fingerprint density at radius 1 is 1.36 bits per heavy atom. The van der Waals surface area contributed by atoms with Crippen LogP contribution in [-0.2, 0) is 16.1 Å². The predicted molar refractivity (Wildman–Crippen MR) is 97.0 cm³/mol. The van der Waals surface area contributed by atoms with E-state index in [1.807, 2.05) is 0 Å². The minimum absolute atomic E-state index is 0.0564. The summed E-state index contributed by atoms with van der Waals surface area (Å²) in [6, 6.07) is 4.02. The number of ether oxygens (including phenoxy) is 1. The normalized spacial score (nSPS) is 20.1. The van der Waals surface area contributed by atoms with E-state index in [1.165, 1.54) is 13.2 Å². The number of halogens is 1. The molecule has 2 fully saturated rings. The minimum atomic E-state index is -0.485. The van der Waals surface area contributed by atoms with Gasteiger partial charge >= 0.3 is 0 Å². The lowest BCUT2D eigenvalue weighted by Gasteiger charge is -2.42. The molecule has 28 heavy (non-hydrogen) atoms. The van der Waals surface area contributed by atoms with Crippen molar-refractivity contribution in [2.45, 2.75) is 19.5 Å². The topological polar surface area (TPSA) is 87.9 Å². The lowest BCUT2D eigenvalue weighted by atomic mass is 10.1. The number of hydrogen-bond donors (Lipinski definition) is 1. The van der Waals surface area contributed by atoms with Crippen LogP contribution in [0.5, 0.6) is 5.75 Å². The molecule has 8 nitrogen and oxygen atoms in total. The molecule has 4 rings (SSSR count). The minimum Gasteiger partial charge on any atom is -0.497 e. The number of carbonyl (C=O) groups excluding carboxylic acids is 2. The number of methoxy groups -OCH3 is 1. The first-order valence-corrected chi connectivity index (χ1v) is 9.06. The maximum Gasteiger partial charge on any atom is 0.244 e. The fourth-order valence-corrected chi connectivity index (χ4v) is 3.59. The SMILES string of the molecule is COc1ccc(-c2nc(CN3CCN4C(=O)CNC(=O)[C@H]4C3)c(C)o2)c(F)c1. The van der Waals surface area contributed by atoms with Crippen LogP contribution < -0.4 is 10.1 Å². The Hall–Kier alpha value is -2.94. The maximum absolute atomic E-state index is 14.3. The molecule has 0 unspecified atom stereocenters.